The molecule has 0 fully saturated rings. The first-order valence-electron chi connectivity index (χ1n) is 7.18. The molecule has 1 aliphatic heterocycles. The van der Waals surface area contributed by atoms with Crippen LogP contribution < -0.4 is 0 Å². The third-order valence-electron chi connectivity index (χ3n) is 4.05. The second-order valence-electron chi connectivity index (χ2n) is 5.32. The molecule has 0 aliphatic carbocycles. The van der Waals surface area contributed by atoms with Gasteiger partial charge in [0.1, 0.15) is 6.07 Å². The van der Waals surface area contributed by atoms with Crippen molar-refractivity contribution in [3.8, 4) is 6.07 Å². The minimum atomic E-state index is -0.232. The van der Waals surface area contributed by atoms with Crippen LogP contribution in [0.3, 0.4) is 0 Å². The fraction of sp³-hybridized carbons (Fsp3) is 0.375. The summed E-state index contributed by atoms with van der Waals surface area (Å²) in [4.78, 5) is 21.4. The Kier molecular flexibility index (Phi) is 3.30. The van der Waals surface area contributed by atoms with E-state index in [-0.39, 0.29) is 11.8 Å². The number of hydrogen-bond donors (Lipinski definition) is 0. The molecule has 5 heteroatoms. The van der Waals surface area contributed by atoms with Gasteiger partial charge < -0.3 is 0 Å². The maximum Gasteiger partial charge on any atom is 0.240 e. The quantitative estimate of drug-likeness (QED) is 0.865. The van der Waals surface area contributed by atoms with Gasteiger partial charge in [-0.2, -0.15) is 5.26 Å². The molecule has 106 valence electrons. The number of hydrogen-bond acceptors (Lipinski definition) is 4. The van der Waals surface area contributed by atoms with E-state index in [4.69, 9.17) is 0 Å². The molecule has 1 atom stereocenters. The average molecular weight is 280 g/mol. The van der Waals surface area contributed by atoms with Crippen LogP contribution in [0, 0.1) is 17.2 Å². The highest BCUT2D eigenvalue weighted by atomic mass is 16.2. The van der Waals surface area contributed by atoms with Crippen LogP contribution in [-0.4, -0.2) is 20.4 Å². The van der Waals surface area contributed by atoms with Crippen LogP contribution in [0.15, 0.2) is 23.9 Å². The van der Waals surface area contributed by atoms with Crippen molar-refractivity contribution in [1.82, 2.24) is 14.5 Å². The van der Waals surface area contributed by atoms with E-state index in [1.807, 2.05) is 13.0 Å². The van der Waals surface area contributed by atoms with Gasteiger partial charge in [-0.25, -0.2) is 9.97 Å². The van der Waals surface area contributed by atoms with E-state index in [1.165, 1.54) is 0 Å². The molecule has 2 aromatic rings. The lowest BCUT2D eigenvalue weighted by Gasteiger charge is -2.24. The van der Waals surface area contributed by atoms with E-state index in [9.17, 15) is 10.1 Å². The van der Waals surface area contributed by atoms with Gasteiger partial charge >= 0.3 is 0 Å². The highest BCUT2D eigenvalue weighted by molar-refractivity contribution is 6.01. The van der Waals surface area contributed by atoms with Crippen LogP contribution >= 0.6 is 0 Å². The van der Waals surface area contributed by atoms with Crippen molar-refractivity contribution in [3.63, 3.8) is 0 Å². The van der Waals surface area contributed by atoms with Gasteiger partial charge in [-0.15, -0.1) is 0 Å². The summed E-state index contributed by atoms with van der Waals surface area (Å²) in [5.41, 5.74) is 2.53. The number of pyridine rings is 1. The number of fused-ring (bicyclic) bond motifs is 3. The maximum absolute atomic E-state index is 12.8. The topological polar surface area (TPSA) is 71.6 Å². The summed E-state index contributed by atoms with van der Waals surface area (Å²) in [5, 5.41) is 9.47. The minimum Gasteiger partial charge on any atom is -0.273 e. The van der Waals surface area contributed by atoms with Crippen LogP contribution in [0.25, 0.3) is 16.7 Å². The number of nitrogens with zero attached hydrogens (tertiary/aromatic N) is 4. The van der Waals surface area contributed by atoms with Crippen molar-refractivity contribution >= 4 is 22.6 Å². The van der Waals surface area contributed by atoms with Crippen LogP contribution in [-0.2, 0) is 0 Å². The molecular weight excluding hydrogens is 264 g/mol. The van der Waals surface area contributed by atoms with Gasteiger partial charge in [0.2, 0.25) is 5.91 Å². The second kappa shape index (κ2) is 5.13. The third kappa shape index (κ3) is 1.95. The molecule has 5 nitrogen and oxygen atoms in total. The molecule has 1 aliphatic rings. The predicted molar refractivity (Wildman–Crippen MR) is 79.4 cm³/mol. The van der Waals surface area contributed by atoms with Gasteiger partial charge in [-0.1, -0.05) is 19.8 Å². The highest BCUT2D eigenvalue weighted by Gasteiger charge is 2.34. The van der Waals surface area contributed by atoms with Crippen molar-refractivity contribution in [2.75, 3.05) is 0 Å². The molecule has 2 aromatic heterocycles. The van der Waals surface area contributed by atoms with Gasteiger partial charge in [-0.3, -0.25) is 9.36 Å². The maximum atomic E-state index is 12.8. The van der Waals surface area contributed by atoms with Gasteiger partial charge in [0.25, 0.3) is 0 Å². The molecule has 0 spiro atoms. The summed E-state index contributed by atoms with van der Waals surface area (Å²) in [6.45, 7) is 3.96. The summed E-state index contributed by atoms with van der Waals surface area (Å²) in [6.07, 6.45) is 4.40. The molecular formula is C16H16N4O. The van der Waals surface area contributed by atoms with Crippen molar-refractivity contribution in [2.24, 2.45) is 5.92 Å². The van der Waals surface area contributed by atoms with Crippen LogP contribution in [0.4, 0.5) is 0 Å². The Balaban J connectivity index is 2.24. The monoisotopic (exact) mass is 280 g/mol. The number of rotatable bonds is 3. The number of carbonyl (C=O) groups is 1. The van der Waals surface area contributed by atoms with Crippen LogP contribution in [0.2, 0.25) is 0 Å². The molecule has 3 rings (SSSR count). The van der Waals surface area contributed by atoms with Crippen LogP contribution in [0.1, 0.15) is 43.7 Å². The van der Waals surface area contributed by atoms with E-state index in [2.05, 4.69) is 23.0 Å². The Morgan fingerprint density at radius 3 is 3.00 bits per heavy atom. The minimum absolute atomic E-state index is 0.00505. The molecule has 1 unspecified atom stereocenters. The zero-order chi connectivity index (χ0) is 15.0. The number of carbonyl (C=O) groups excluding carboxylic acids is 1. The molecule has 0 radical (unpaired) electrons. The van der Waals surface area contributed by atoms with Gasteiger partial charge in [0.15, 0.2) is 11.5 Å². The molecule has 0 saturated heterocycles. The van der Waals surface area contributed by atoms with Crippen molar-refractivity contribution < 1.29 is 4.79 Å². The summed E-state index contributed by atoms with van der Waals surface area (Å²) < 4.78 is 1.56. The van der Waals surface area contributed by atoms with E-state index in [1.54, 1.807) is 16.8 Å². The summed E-state index contributed by atoms with van der Waals surface area (Å²) in [6, 6.07) is 5.82. The molecule has 0 amide bonds. The molecule has 0 N–H and O–H groups in total. The Morgan fingerprint density at radius 1 is 1.48 bits per heavy atom. The Labute approximate surface area is 122 Å². The lowest BCUT2D eigenvalue weighted by Crippen LogP contribution is -2.29. The van der Waals surface area contributed by atoms with Crippen molar-refractivity contribution in [1.29, 1.82) is 5.26 Å². The summed E-state index contributed by atoms with van der Waals surface area (Å²) in [5.74, 6) is 0.205. The smallest absolute Gasteiger partial charge is 0.240 e. The molecule has 0 bridgehead atoms. The van der Waals surface area contributed by atoms with Gasteiger partial charge in [0.05, 0.1) is 17.0 Å². The fourth-order valence-electron chi connectivity index (χ4n) is 2.88. The summed E-state index contributed by atoms with van der Waals surface area (Å²) >= 11 is 0. The fourth-order valence-corrected chi connectivity index (χ4v) is 2.88. The standard InChI is InChI=1S/C16H16N4O/c1-3-4-6-11-10(2)12(9-17)15-19-14-13(7-5-8-18-14)20(15)16(11)21/h5,7-8,11H,3-4,6H2,1-2H3. The normalized spacial score (nSPS) is 18.0. The van der Waals surface area contributed by atoms with Crippen molar-refractivity contribution in [2.45, 2.75) is 33.1 Å². The van der Waals surface area contributed by atoms with Gasteiger partial charge in [0, 0.05) is 6.20 Å². The number of nitriles is 1. The Hall–Kier alpha value is -2.48. The van der Waals surface area contributed by atoms with Gasteiger partial charge in [-0.05, 0) is 31.1 Å². The SMILES string of the molecule is CCCCC1C(=O)n2c(nc3ncccc32)C(C#N)=C1C. The van der Waals surface area contributed by atoms with E-state index >= 15 is 0 Å². The van der Waals surface area contributed by atoms with E-state index in [0.717, 1.165) is 24.8 Å². The number of imidazole rings is 1. The highest BCUT2D eigenvalue weighted by Crippen LogP contribution is 2.34. The van der Waals surface area contributed by atoms with Crippen LogP contribution in [0.5, 0.6) is 0 Å². The zero-order valence-electron chi connectivity index (χ0n) is 12.1. The second-order valence-corrected chi connectivity index (χ2v) is 5.32. The van der Waals surface area contributed by atoms with Crippen molar-refractivity contribution in [3.05, 3.63) is 29.7 Å². The predicted octanol–water partition coefficient (Wildman–Crippen LogP) is 3.19. The first kappa shape index (κ1) is 13.5. The molecule has 21 heavy (non-hydrogen) atoms. The lowest BCUT2D eigenvalue weighted by molar-refractivity contribution is 0.0848. The number of allylic oxidation sites excluding steroid dienone is 2. The Morgan fingerprint density at radius 2 is 2.29 bits per heavy atom. The number of unbranched alkanes of at least 4 members (excludes halogenated alkanes) is 1. The van der Waals surface area contributed by atoms with E-state index < -0.39 is 0 Å². The zero-order valence-corrected chi connectivity index (χ0v) is 12.1. The molecule has 0 aromatic carbocycles. The first-order chi connectivity index (χ1) is 10.2. The first-order valence-corrected chi connectivity index (χ1v) is 7.18. The lowest BCUT2D eigenvalue weighted by atomic mass is 9.87. The Bertz CT molecular complexity index is 794. The largest absolute Gasteiger partial charge is 0.273 e. The summed E-state index contributed by atoms with van der Waals surface area (Å²) in [7, 11) is 0. The molecule has 3 heterocycles. The number of aromatic nitrogens is 3. The average Bonchev–Trinajstić information content (AvgIpc) is 2.87. The molecule has 0 saturated carbocycles. The van der Waals surface area contributed by atoms with E-state index in [0.29, 0.717) is 22.6 Å². The third-order valence-corrected chi connectivity index (χ3v) is 4.05.